The van der Waals surface area contributed by atoms with E-state index in [1.54, 1.807) is 25.3 Å². The van der Waals surface area contributed by atoms with Gasteiger partial charge in [0, 0.05) is 11.6 Å². The van der Waals surface area contributed by atoms with Crippen molar-refractivity contribution in [2.45, 2.75) is 0 Å². The Hall–Kier alpha value is -1.97. The SMILES string of the molecule is COc1cc2c(cc1C=CC=O)OCO2. The fourth-order valence-electron chi connectivity index (χ4n) is 1.39. The van der Waals surface area contributed by atoms with E-state index >= 15 is 0 Å². The molecule has 4 heteroatoms. The molecule has 0 aliphatic carbocycles. The van der Waals surface area contributed by atoms with Crippen LogP contribution in [-0.2, 0) is 4.79 Å². The van der Waals surface area contributed by atoms with Crippen LogP contribution in [0.2, 0.25) is 0 Å². The molecule has 0 aromatic heterocycles. The molecule has 4 nitrogen and oxygen atoms in total. The summed E-state index contributed by atoms with van der Waals surface area (Å²) in [5.41, 5.74) is 0.786. The van der Waals surface area contributed by atoms with Gasteiger partial charge in [0.1, 0.15) is 12.0 Å². The molecule has 0 atom stereocenters. The zero-order valence-corrected chi connectivity index (χ0v) is 8.23. The van der Waals surface area contributed by atoms with Crippen molar-refractivity contribution >= 4 is 12.4 Å². The van der Waals surface area contributed by atoms with Crippen LogP contribution in [0.15, 0.2) is 18.2 Å². The molecule has 1 aromatic rings. The lowest BCUT2D eigenvalue weighted by Gasteiger charge is -2.05. The molecular formula is C11H10O4. The Labute approximate surface area is 87.1 Å². The number of hydrogen-bond donors (Lipinski definition) is 0. The lowest BCUT2D eigenvalue weighted by molar-refractivity contribution is -0.104. The van der Waals surface area contributed by atoms with E-state index in [1.807, 2.05) is 0 Å². The van der Waals surface area contributed by atoms with Crippen LogP contribution < -0.4 is 14.2 Å². The van der Waals surface area contributed by atoms with E-state index in [9.17, 15) is 4.79 Å². The predicted molar refractivity (Wildman–Crippen MR) is 54.2 cm³/mol. The summed E-state index contributed by atoms with van der Waals surface area (Å²) < 4.78 is 15.6. The average Bonchev–Trinajstić information content (AvgIpc) is 2.71. The predicted octanol–water partition coefficient (Wildman–Crippen LogP) is 1.64. The molecular weight excluding hydrogens is 196 g/mol. The molecule has 0 bridgehead atoms. The molecule has 0 saturated carbocycles. The zero-order valence-electron chi connectivity index (χ0n) is 8.23. The van der Waals surface area contributed by atoms with E-state index in [1.165, 1.54) is 6.08 Å². The van der Waals surface area contributed by atoms with Gasteiger partial charge in [-0.2, -0.15) is 0 Å². The molecule has 0 spiro atoms. The van der Waals surface area contributed by atoms with Crippen LogP contribution in [0.5, 0.6) is 17.2 Å². The molecule has 0 amide bonds. The number of aldehydes is 1. The van der Waals surface area contributed by atoms with E-state index in [4.69, 9.17) is 14.2 Å². The van der Waals surface area contributed by atoms with Crippen LogP contribution in [0.1, 0.15) is 5.56 Å². The highest BCUT2D eigenvalue weighted by molar-refractivity contribution is 5.76. The summed E-state index contributed by atoms with van der Waals surface area (Å²) in [6, 6.07) is 3.52. The number of allylic oxidation sites excluding steroid dienone is 1. The smallest absolute Gasteiger partial charge is 0.231 e. The van der Waals surface area contributed by atoms with Gasteiger partial charge in [-0.05, 0) is 18.2 Å². The van der Waals surface area contributed by atoms with Gasteiger partial charge in [-0.25, -0.2) is 0 Å². The Kier molecular flexibility index (Phi) is 2.58. The van der Waals surface area contributed by atoms with Crippen LogP contribution >= 0.6 is 0 Å². The summed E-state index contributed by atoms with van der Waals surface area (Å²) in [7, 11) is 1.57. The van der Waals surface area contributed by atoms with Crippen molar-refractivity contribution in [3.63, 3.8) is 0 Å². The molecule has 15 heavy (non-hydrogen) atoms. The Bertz CT molecular complexity index is 409. The van der Waals surface area contributed by atoms with Crippen molar-refractivity contribution in [2.75, 3.05) is 13.9 Å². The van der Waals surface area contributed by atoms with E-state index in [0.29, 0.717) is 23.5 Å². The third-order valence-corrected chi connectivity index (χ3v) is 2.08. The Balaban J connectivity index is 2.43. The fourth-order valence-corrected chi connectivity index (χ4v) is 1.39. The number of fused-ring (bicyclic) bond motifs is 1. The molecule has 1 aromatic carbocycles. The molecule has 0 unspecified atom stereocenters. The molecule has 1 heterocycles. The van der Waals surface area contributed by atoms with Gasteiger partial charge < -0.3 is 14.2 Å². The van der Waals surface area contributed by atoms with Crippen molar-refractivity contribution in [1.82, 2.24) is 0 Å². The summed E-state index contributed by atoms with van der Waals surface area (Å²) >= 11 is 0. The first-order chi connectivity index (χ1) is 7.35. The lowest BCUT2D eigenvalue weighted by Crippen LogP contribution is -1.92. The Morgan fingerprint density at radius 3 is 2.73 bits per heavy atom. The van der Waals surface area contributed by atoms with E-state index in [2.05, 4.69) is 0 Å². The van der Waals surface area contributed by atoms with Gasteiger partial charge in [0.15, 0.2) is 11.5 Å². The van der Waals surface area contributed by atoms with Gasteiger partial charge in [0.25, 0.3) is 0 Å². The number of ether oxygens (including phenoxy) is 3. The van der Waals surface area contributed by atoms with E-state index in [0.717, 1.165) is 5.56 Å². The summed E-state index contributed by atoms with van der Waals surface area (Å²) in [5, 5.41) is 0. The van der Waals surface area contributed by atoms with Crippen molar-refractivity contribution in [1.29, 1.82) is 0 Å². The molecule has 0 saturated heterocycles. The number of rotatable bonds is 3. The zero-order chi connectivity index (χ0) is 10.7. The highest BCUT2D eigenvalue weighted by Crippen LogP contribution is 2.38. The van der Waals surface area contributed by atoms with Gasteiger partial charge in [0.05, 0.1) is 7.11 Å². The number of benzene rings is 1. The minimum atomic E-state index is 0.222. The van der Waals surface area contributed by atoms with Gasteiger partial charge in [0.2, 0.25) is 6.79 Å². The molecule has 0 N–H and O–H groups in total. The van der Waals surface area contributed by atoms with E-state index < -0.39 is 0 Å². The van der Waals surface area contributed by atoms with Crippen LogP contribution in [0.3, 0.4) is 0 Å². The van der Waals surface area contributed by atoms with Crippen LogP contribution in [0.25, 0.3) is 6.08 Å². The maximum atomic E-state index is 10.2. The summed E-state index contributed by atoms with van der Waals surface area (Å²) in [5.74, 6) is 1.98. The van der Waals surface area contributed by atoms with Crippen LogP contribution in [0.4, 0.5) is 0 Å². The molecule has 0 fully saturated rings. The van der Waals surface area contributed by atoms with Gasteiger partial charge in [-0.3, -0.25) is 4.79 Å². The third-order valence-electron chi connectivity index (χ3n) is 2.08. The fraction of sp³-hybridized carbons (Fsp3) is 0.182. The minimum Gasteiger partial charge on any atom is -0.496 e. The third kappa shape index (κ3) is 1.79. The molecule has 1 aliphatic heterocycles. The molecule has 78 valence electrons. The largest absolute Gasteiger partial charge is 0.496 e. The second-order valence-corrected chi connectivity index (χ2v) is 2.94. The highest BCUT2D eigenvalue weighted by Gasteiger charge is 2.16. The first-order valence-electron chi connectivity index (χ1n) is 4.44. The minimum absolute atomic E-state index is 0.222. The van der Waals surface area contributed by atoms with Gasteiger partial charge >= 0.3 is 0 Å². The Morgan fingerprint density at radius 2 is 2.07 bits per heavy atom. The quantitative estimate of drug-likeness (QED) is 0.557. The number of carbonyl (C=O) groups excluding carboxylic acids is 1. The summed E-state index contributed by atoms with van der Waals surface area (Å²) in [4.78, 5) is 10.2. The first-order valence-corrected chi connectivity index (χ1v) is 4.44. The van der Waals surface area contributed by atoms with Crippen LogP contribution in [0, 0.1) is 0 Å². The first kappa shape index (κ1) is 9.58. The van der Waals surface area contributed by atoms with Crippen molar-refractivity contribution in [3.05, 3.63) is 23.8 Å². The Morgan fingerprint density at radius 1 is 1.33 bits per heavy atom. The van der Waals surface area contributed by atoms with Crippen LogP contribution in [-0.4, -0.2) is 20.2 Å². The molecule has 0 radical (unpaired) electrons. The molecule has 2 rings (SSSR count). The highest BCUT2D eigenvalue weighted by atomic mass is 16.7. The average molecular weight is 206 g/mol. The van der Waals surface area contributed by atoms with Gasteiger partial charge in [-0.1, -0.05) is 0 Å². The topological polar surface area (TPSA) is 44.8 Å². The monoisotopic (exact) mass is 206 g/mol. The normalized spacial score (nSPS) is 13.1. The van der Waals surface area contributed by atoms with Gasteiger partial charge in [-0.15, -0.1) is 0 Å². The van der Waals surface area contributed by atoms with Crippen molar-refractivity contribution in [2.24, 2.45) is 0 Å². The summed E-state index contributed by atoms with van der Waals surface area (Å²) in [6.07, 6.45) is 3.78. The number of hydrogen-bond acceptors (Lipinski definition) is 4. The summed E-state index contributed by atoms with van der Waals surface area (Å²) in [6.45, 7) is 0.222. The maximum absolute atomic E-state index is 10.2. The standard InChI is InChI=1S/C11H10O4/c1-13-9-6-11-10(14-7-15-11)5-8(9)3-2-4-12/h2-6H,7H2,1H3. The second kappa shape index (κ2) is 4.04. The van der Waals surface area contributed by atoms with E-state index in [-0.39, 0.29) is 6.79 Å². The maximum Gasteiger partial charge on any atom is 0.231 e. The van der Waals surface area contributed by atoms with Crippen molar-refractivity contribution in [3.8, 4) is 17.2 Å². The number of carbonyl (C=O) groups is 1. The second-order valence-electron chi connectivity index (χ2n) is 2.94. The lowest BCUT2D eigenvalue weighted by atomic mass is 10.1. The number of methoxy groups -OCH3 is 1. The molecule has 1 aliphatic rings. The van der Waals surface area contributed by atoms with Crippen molar-refractivity contribution < 1.29 is 19.0 Å².